The van der Waals surface area contributed by atoms with E-state index in [0.717, 1.165) is 18.6 Å². The lowest BCUT2D eigenvalue weighted by Gasteiger charge is -2.02. The maximum atomic E-state index is 11.9. The van der Waals surface area contributed by atoms with E-state index in [4.69, 9.17) is 9.52 Å². The summed E-state index contributed by atoms with van der Waals surface area (Å²) in [5, 5.41) is 18.0. The molecule has 2 aromatic rings. The average Bonchev–Trinajstić information content (AvgIpc) is 3.10. The van der Waals surface area contributed by atoms with Crippen LogP contribution in [-0.2, 0) is 4.79 Å². The Morgan fingerprint density at radius 1 is 1.32 bits per heavy atom. The van der Waals surface area contributed by atoms with Gasteiger partial charge >= 0.3 is 5.97 Å². The number of aliphatic carboxylic acids is 1. The molecule has 1 amide bonds. The molecule has 3 N–H and O–H groups in total. The molecule has 0 aliphatic carbocycles. The lowest BCUT2D eigenvalue weighted by atomic mass is 10.2. The van der Waals surface area contributed by atoms with Gasteiger partial charge in [0, 0.05) is 19.0 Å². The molecule has 22 heavy (non-hydrogen) atoms. The molecule has 0 unspecified atom stereocenters. The zero-order valence-corrected chi connectivity index (χ0v) is 12.4. The number of carboxylic acid groups (broad SMARTS) is 1. The van der Waals surface area contributed by atoms with Crippen molar-refractivity contribution < 1.29 is 19.1 Å². The number of hydrogen-bond donors (Lipinski definition) is 3. The van der Waals surface area contributed by atoms with Crippen LogP contribution in [0, 0.1) is 6.92 Å². The van der Waals surface area contributed by atoms with Crippen molar-refractivity contribution in [3.8, 4) is 11.5 Å². The molecule has 2 aromatic heterocycles. The van der Waals surface area contributed by atoms with E-state index in [1.54, 1.807) is 6.07 Å². The maximum absolute atomic E-state index is 11.9. The normalized spacial score (nSPS) is 10.6. The molecule has 0 aromatic carbocycles. The van der Waals surface area contributed by atoms with Crippen LogP contribution in [-0.4, -0.2) is 33.7 Å². The minimum atomic E-state index is -0.791. The van der Waals surface area contributed by atoms with Gasteiger partial charge in [-0.3, -0.25) is 14.7 Å². The molecular formula is C15H19N3O4. The highest BCUT2D eigenvalue weighted by atomic mass is 16.4. The average molecular weight is 305 g/mol. The van der Waals surface area contributed by atoms with Crippen molar-refractivity contribution in [3.05, 3.63) is 29.7 Å². The lowest BCUT2D eigenvalue weighted by molar-refractivity contribution is -0.137. The number of hydrogen-bond acceptors (Lipinski definition) is 4. The number of rotatable bonds is 8. The van der Waals surface area contributed by atoms with Crippen LogP contribution in [0.3, 0.4) is 0 Å². The molecule has 7 heteroatoms. The van der Waals surface area contributed by atoms with Gasteiger partial charge in [-0.25, -0.2) is 0 Å². The third-order valence-electron chi connectivity index (χ3n) is 3.17. The fraction of sp³-hybridized carbons (Fsp3) is 0.400. The van der Waals surface area contributed by atoms with Gasteiger partial charge in [-0.2, -0.15) is 5.10 Å². The fourth-order valence-electron chi connectivity index (χ4n) is 2.01. The minimum Gasteiger partial charge on any atom is -0.481 e. The van der Waals surface area contributed by atoms with E-state index in [1.807, 2.05) is 19.1 Å². The van der Waals surface area contributed by atoms with Crippen LogP contribution in [0.5, 0.6) is 0 Å². The van der Waals surface area contributed by atoms with Gasteiger partial charge in [0.1, 0.15) is 11.5 Å². The first-order valence-electron chi connectivity index (χ1n) is 7.18. The molecule has 0 aliphatic rings. The molecule has 0 spiro atoms. The lowest BCUT2D eigenvalue weighted by Crippen LogP contribution is -2.24. The summed E-state index contributed by atoms with van der Waals surface area (Å²) in [6.45, 7) is 2.35. The van der Waals surface area contributed by atoms with Gasteiger partial charge in [-0.05, 0) is 31.9 Å². The number of H-pyrrole nitrogens is 1. The highest BCUT2D eigenvalue weighted by Crippen LogP contribution is 2.20. The Labute approximate surface area is 127 Å². The number of nitrogens with one attached hydrogen (secondary N) is 2. The van der Waals surface area contributed by atoms with Crippen molar-refractivity contribution in [2.24, 2.45) is 0 Å². The second kappa shape index (κ2) is 7.44. The fourth-order valence-corrected chi connectivity index (χ4v) is 2.01. The minimum absolute atomic E-state index is 0.166. The highest BCUT2D eigenvalue weighted by molar-refractivity contribution is 5.93. The Kier molecular flexibility index (Phi) is 5.35. The molecule has 0 aliphatic heterocycles. The zero-order chi connectivity index (χ0) is 15.9. The van der Waals surface area contributed by atoms with E-state index >= 15 is 0 Å². The summed E-state index contributed by atoms with van der Waals surface area (Å²) in [5.74, 6) is 0.375. The Morgan fingerprint density at radius 2 is 2.14 bits per heavy atom. The number of aromatic nitrogens is 2. The number of carbonyl (C=O) groups is 2. The largest absolute Gasteiger partial charge is 0.481 e. The van der Waals surface area contributed by atoms with E-state index in [2.05, 4.69) is 15.5 Å². The second-order valence-electron chi connectivity index (χ2n) is 5.04. The summed E-state index contributed by atoms with van der Waals surface area (Å²) in [4.78, 5) is 22.3. The summed E-state index contributed by atoms with van der Waals surface area (Å²) < 4.78 is 5.46. The first-order valence-corrected chi connectivity index (χ1v) is 7.18. The molecule has 2 rings (SSSR count). The zero-order valence-electron chi connectivity index (χ0n) is 12.4. The van der Waals surface area contributed by atoms with Crippen molar-refractivity contribution in [2.75, 3.05) is 6.54 Å². The van der Waals surface area contributed by atoms with Crippen LogP contribution in [0.2, 0.25) is 0 Å². The Bertz CT molecular complexity index is 645. The van der Waals surface area contributed by atoms with Crippen LogP contribution in [0.15, 0.2) is 22.6 Å². The molecule has 0 fully saturated rings. The summed E-state index contributed by atoms with van der Waals surface area (Å²) in [5.41, 5.74) is 0.953. The molecule has 0 bridgehead atoms. The first kappa shape index (κ1) is 15.8. The predicted molar refractivity (Wildman–Crippen MR) is 79.5 cm³/mol. The standard InChI is InChI=1S/C15H19N3O4/c1-10-6-7-13(22-10)11-9-12(18-17-11)15(21)16-8-4-2-3-5-14(19)20/h6-7,9H,2-5,8H2,1H3,(H,16,21)(H,17,18)(H,19,20). The second-order valence-corrected chi connectivity index (χ2v) is 5.04. The van der Waals surface area contributed by atoms with Gasteiger partial charge in [0.2, 0.25) is 0 Å². The predicted octanol–water partition coefficient (Wildman–Crippen LogP) is 2.35. The smallest absolute Gasteiger partial charge is 0.303 e. The van der Waals surface area contributed by atoms with Crippen molar-refractivity contribution >= 4 is 11.9 Å². The molecule has 0 atom stereocenters. The maximum Gasteiger partial charge on any atom is 0.303 e. The third-order valence-corrected chi connectivity index (χ3v) is 3.17. The Balaban J connectivity index is 1.76. The molecule has 7 nitrogen and oxygen atoms in total. The summed E-state index contributed by atoms with van der Waals surface area (Å²) in [7, 11) is 0. The molecule has 0 saturated carbocycles. The third kappa shape index (κ3) is 4.47. The number of amides is 1. The number of carboxylic acids is 1. The highest BCUT2D eigenvalue weighted by Gasteiger charge is 2.12. The van der Waals surface area contributed by atoms with Gasteiger partial charge in [-0.15, -0.1) is 0 Å². The van der Waals surface area contributed by atoms with Crippen LogP contribution in [0.1, 0.15) is 41.9 Å². The quantitative estimate of drug-likeness (QED) is 0.649. The van der Waals surface area contributed by atoms with Crippen molar-refractivity contribution in [2.45, 2.75) is 32.6 Å². The summed E-state index contributed by atoms with van der Waals surface area (Å²) >= 11 is 0. The molecule has 2 heterocycles. The van der Waals surface area contributed by atoms with E-state index in [9.17, 15) is 9.59 Å². The van der Waals surface area contributed by atoms with Gasteiger partial charge < -0.3 is 14.8 Å². The number of nitrogens with zero attached hydrogens (tertiary/aromatic N) is 1. The van der Waals surface area contributed by atoms with Crippen LogP contribution < -0.4 is 5.32 Å². The molecule has 0 radical (unpaired) electrons. The molecule has 0 saturated heterocycles. The van der Waals surface area contributed by atoms with Gasteiger partial charge in [0.05, 0.1) is 0 Å². The van der Waals surface area contributed by atoms with Crippen LogP contribution in [0.25, 0.3) is 11.5 Å². The molecule has 118 valence electrons. The summed E-state index contributed by atoms with van der Waals surface area (Å²) in [6.07, 6.45) is 2.30. The monoisotopic (exact) mass is 305 g/mol. The number of unbranched alkanes of at least 4 members (excludes halogenated alkanes) is 2. The van der Waals surface area contributed by atoms with Crippen LogP contribution in [0.4, 0.5) is 0 Å². The number of carbonyl (C=O) groups excluding carboxylic acids is 1. The Hall–Kier alpha value is -2.57. The molecular weight excluding hydrogens is 286 g/mol. The van der Waals surface area contributed by atoms with Crippen molar-refractivity contribution in [3.63, 3.8) is 0 Å². The van der Waals surface area contributed by atoms with Gasteiger partial charge in [-0.1, -0.05) is 6.42 Å². The van der Waals surface area contributed by atoms with E-state index in [-0.39, 0.29) is 12.3 Å². The number of furan rings is 1. The van der Waals surface area contributed by atoms with Gasteiger partial charge in [0.25, 0.3) is 5.91 Å². The number of aryl methyl sites for hydroxylation is 1. The topological polar surface area (TPSA) is 108 Å². The van der Waals surface area contributed by atoms with Gasteiger partial charge in [0.15, 0.2) is 11.5 Å². The van der Waals surface area contributed by atoms with E-state index in [0.29, 0.717) is 30.1 Å². The Morgan fingerprint density at radius 3 is 2.82 bits per heavy atom. The summed E-state index contributed by atoms with van der Waals surface area (Å²) in [6, 6.07) is 5.29. The van der Waals surface area contributed by atoms with E-state index in [1.165, 1.54) is 0 Å². The van der Waals surface area contributed by atoms with E-state index < -0.39 is 5.97 Å². The van der Waals surface area contributed by atoms with Crippen molar-refractivity contribution in [1.82, 2.24) is 15.5 Å². The van der Waals surface area contributed by atoms with Crippen LogP contribution >= 0.6 is 0 Å². The first-order chi connectivity index (χ1) is 10.6. The number of aromatic amines is 1. The SMILES string of the molecule is Cc1ccc(-c2cc(C(=O)NCCCCCC(=O)O)n[nH]2)o1. The van der Waals surface area contributed by atoms with Crippen molar-refractivity contribution in [1.29, 1.82) is 0 Å².